The van der Waals surface area contributed by atoms with E-state index < -0.39 is 10.0 Å². The van der Waals surface area contributed by atoms with Crippen LogP contribution in [0.5, 0.6) is 0 Å². The number of morpholine rings is 1. The summed E-state index contributed by atoms with van der Waals surface area (Å²) in [5.74, 6) is 0.499. The molecule has 0 aromatic heterocycles. The molecule has 8 heteroatoms. The van der Waals surface area contributed by atoms with E-state index in [2.05, 4.69) is 17.1 Å². The zero-order chi connectivity index (χ0) is 20.7. The highest BCUT2D eigenvalue weighted by Gasteiger charge is 2.35. The van der Waals surface area contributed by atoms with Crippen molar-refractivity contribution >= 4 is 15.9 Å². The molecule has 0 bridgehead atoms. The second kappa shape index (κ2) is 10.5. The molecule has 0 spiro atoms. The molecule has 0 saturated carbocycles. The summed E-state index contributed by atoms with van der Waals surface area (Å²) in [6, 6.07) is 8.60. The maximum Gasteiger partial charge on any atom is 0.243 e. The first kappa shape index (κ1) is 22.2. The molecule has 7 nitrogen and oxygen atoms in total. The largest absolute Gasteiger partial charge is 0.379 e. The number of hydrogen-bond acceptors (Lipinski definition) is 5. The zero-order valence-electron chi connectivity index (χ0n) is 17.3. The average molecular weight is 424 g/mol. The number of ether oxygens (including phenoxy) is 1. The molecule has 1 aromatic carbocycles. The third-order valence-electron chi connectivity index (χ3n) is 6.06. The number of sulfonamides is 1. The highest BCUT2D eigenvalue weighted by molar-refractivity contribution is 7.89. The van der Waals surface area contributed by atoms with Gasteiger partial charge in [-0.05, 0) is 30.4 Å². The number of hydrogen-bond donors (Lipinski definition) is 1. The predicted molar refractivity (Wildman–Crippen MR) is 112 cm³/mol. The van der Waals surface area contributed by atoms with Crippen LogP contribution < -0.4 is 5.32 Å². The molecule has 2 aliphatic heterocycles. The SMILES string of the molecule is CC[C@@H]1CN(S(=O)(=O)c2ccccc2)CC[C@H]1CC(=O)NCCN1CCOCC1. The van der Waals surface area contributed by atoms with Crippen LogP contribution in [-0.2, 0) is 19.6 Å². The number of piperidine rings is 1. The van der Waals surface area contributed by atoms with Gasteiger partial charge in [0.25, 0.3) is 0 Å². The van der Waals surface area contributed by atoms with E-state index in [1.54, 1.807) is 28.6 Å². The Morgan fingerprint density at radius 3 is 2.55 bits per heavy atom. The first-order chi connectivity index (χ1) is 14.0. The normalized spacial score (nSPS) is 24.3. The molecule has 1 aromatic rings. The van der Waals surface area contributed by atoms with Crippen LogP contribution in [0.25, 0.3) is 0 Å². The lowest BCUT2D eigenvalue weighted by molar-refractivity contribution is -0.122. The molecule has 162 valence electrons. The van der Waals surface area contributed by atoms with E-state index in [1.165, 1.54) is 0 Å². The van der Waals surface area contributed by atoms with Gasteiger partial charge in [0.15, 0.2) is 0 Å². The highest BCUT2D eigenvalue weighted by Crippen LogP contribution is 2.31. The molecule has 29 heavy (non-hydrogen) atoms. The van der Waals surface area contributed by atoms with Crippen molar-refractivity contribution in [1.82, 2.24) is 14.5 Å². The van der Waals surface area contributed by atoms with Gasteiger partial charge in [-0.25, -0.2) is 8.42 Å². The van der Waals surface area contributed by atoms with E-state index in [0.717, 1.165) is 45.7 Å². The van der Waals surface area contributed by atoms with E-state index in [1.807, 2.05) is 6.07 Å². The third-order valence-corrected chi connectivity index (χ3v) is 7.94. The van der Waals surface area contributed by atoms with Crippen molar-refractivity contribution < 1.29 is 17.9 Å². The molecule has 1 N–H and O–H groups in total. The Morgan fingerprint density at radius 2 is 1.86 bits per heavy atom. The molecule has 0 aliphatic carbocycles. The Kier molecular flexibility index (Phi) is 8.06. The van der Waals surface area contributed by atoms with Crippen LogP contribution in [0.2, 0.25) is 0 Å². The molecule has 0 unspecified atom stereocenters. The summed E-state index contributed by atoms with van der Waals surface area (Å²) in [6.45, 7) is 7.89. The molecule has 2 aliphatic rings. The van der Waals surface area contributed by atoms with Crippen LogP contribution in [-0.4, -0.2) is 76.0 Å². The van der Waals surface area contributed by atoms with Crippen molar-refractivity contribution in [2.75, 3.05) is 52.5 Å². The first-order valence-corrected chi connectivity index (χ1v) is 12.1. The monoisotopic (exact) mass is 423 g/mol. The molecular formula is C21H33N3O4S. The molecular weight excluding hydrogens is 390 g/mol. The van der Waals surface area contributed by atoms with Gasteiger partial charge < -0.3 is 10.1 Å². The zero-order valence-corrected chi connectivity index (χ0v) is 18.1. The van der Waals surface area contributed by atoms with E-state index in [-0.39, 0.29) is 17.7 Å². The van der Waals surface area contributed by atoms with Gasteiger partial charge in [-0.15, -0.1) is 0 Å². The Morgan fingerprint density at radius 1 is 1.14 bits per heavy atom. The van der Waals surface area contributed by atoms with Crippen molar-refractivity contribution in [1.29, 1.82) is 0 Å². The van der Waals surface area contributed by atoms with Crippen LogP contribution in [0.15, 0.2) is 35.2 Å². The summed E-state index contributed by atoms with van der Waals surface area (Å²) in [5, 5.41) is 3.04. The minimum absolute atomic E-state index is 0.0704. The maximum absolute atomic E-state index is 12.9. The number of nitrogens with zero attached hydrogens (tertiary/aromatic N) is 2. The minimum atomic E-state index is -3.47. The van der Waals surface area contributed by atoms with Gasteiger partial charge in [-0.3, -0.25) is 9.69 Å². The van der Waals surface area contributed by atoms with Crippen molar-refractivity contribution in [2.24, 2.45) is 11.8 Å². The fourth-order valence-electron chi connectivity index (χ4n) is 4.23. The Bertz CT molecular complexity index is 750. The Labute approximate surface area is 174 Å². The van der Waals surface area contributed by atoms with E-state index in [4.69, 9.17) is 4.74 Å². The lowest BCUT2D eigenvalue weighted by Crippen LogP contribution is -2.45. The molecule has 0 radical (unpaired) electrons. The van der Waals surface area contributed by atoms with E-state index in [0.29, 0.717) is 31.0 Å². The molecule has 1 amide bonds. The quantitative estimate of drug-likeness (QED) is 0.687. The Hall–Kier alpha value is -1.48. The molecule has 3 rings (SSSR count). The number of carbonyl (C=O) groups is 1. The molecule has 2 fully saturated rings. The van der Waals surface area contributed by atoms with Crippen LogP contribution in [0.1, 0.15) is 26.2 Å². The van der Waals surface area contributed by atoms with Crippen LogP contribution in [0, 0.1) is 11.8 Å². The summed E-state index contributed by atoms with van der Waals surface area (Å²) in [5.41, 5.74) is 0. The summed E-state index contributed by atoms with van der Waals surface area (Å²) in [4.78, 5) is 15.1. The fourth-order valence-corrected chi connectivity index (χ4v) is 5.76. The van der Waals surface area contributed by atoms with E-state index >= 15 is 0 Å². The van der Waals surface area contributed by atoms with Gasteiger partial charge >= 0.3 is 0 Å². The second-order valence-corrected chi connectivity index (χ2v) is 9.84. The lowest BCUT2D eigenvalue weighted by atomic mass is 9.82. The molecule has 2 saturated heterocycles. The van der Waals surface area contributed by atoms with Crippen LogP contribution >= 0.6 is 0 Å². The van der Waals surface area contributed by atoms with Gasteiger partial charge in [0, 0.05) is 45.7 Å². The van der Waals surface area contributed by atoms with Crippen molar-refractivity contribution in [3.05, 3.63) is 30.3 Å². The van der Waals surface area contributed by atoms with Gasteiger partial charge in [-0.1, -0.05) is 31.5 Å². The van der Waals surface area contributed by atoms with Crippen molar-refractivity contribution in [3.63, 3.8) is 0 Å². The molecule has 2 heterocycles. The number of carbonyl (C=O) groups excluding carboxylic acids is 1. The smallest absolute Gasteiger partial charge is 0.243 e. The number of rotatable bonds is 8. The third kappa shape index (κ3) is 6.01. The van der Waals surface area contributed by atoms with Crippen LogP contribution in [0.4, 0.5) is 0 Å². The number of nitrogens with one attached hydrogen (secondary N) is 1. The highest BCUT2D eigenvalue weighted by atomic mass is 32.2. The lowest BCUT2D eigenvalue weighted by Gasteiger charge is -2.37. The van der Waals surface area contributed by atoms with Crippen molar-refractivity contribution in [3.8, 4) is 0 Å². The number of amides is 1. The summed E-state index contributed by atoms with van der Waals surface area (Å²) in [6.07, 6.45) is 2.06. The van der Waals surface area contributed by atoms with Crippen molar-refractivity contribution in [2.45, 2.75) is 31.1 Å². The fraction of sp³-hybridized carbons (Fsp3) is 0.667. The average Bonchev–Trinajstić information content (AvgIpc) is 2.75. The van der Waals surface area contributed by atoms with Gasteiger partial charge in [0.05, 0.1) is 18.1 Å². The summed E-state index contributed by atoms with van der Waals surface area (Å²) >= 11 is 0. The van der Waals surface area contributed by atoms with Gasteiger partial charge in [-0.2, -0.15) is 4.31 Å². The van der Waals surface area contributed by atoms with Gasteiger partial charge in [0.1, 0.15) is 0 Å². The first-order valence-electron chi connectivity index (χ1n) is 10.6. The van der Waals surface area contributed by atoms with E-state index in [9.17, 15) is 13.2 Å². The predicted octanol–water partition coefficient (Wildman–Crippen LogP) is 1.56. The van der Waals surface area contributed by atoms with Crippen LogP contribution in [0.3, 0.4) is 0 Å². The summed E-state index contributed by atoms with van der Waals surface area (Å²) < 4.78 is 32.7. The molecule has 2 atom stereocenters. The van der Waals surface area contributed by atoms with Gasteiger partial charge in [0.2, 0.25) is 15.9 Å². The maximum atomic E-state index is 12.9. The Balaban J connectivity index is 1.48. The minimum Gasteiger partial charge on any atom is -0.379 e. The standard InChI is InChI=1S/C21H33N3O4S/c1-2-18-17-24(29(26,27)20-6-4-3-5-7-20)10-8-19(18)16-21(25)22-9-11-23-12-14-28-15-13-23/h3-7,18-19H,2,8-17H2,1H3,(H,22,25)/t18-,19+/m1/s1. The number of benzene rings is 1. The summed E-state index contributed by atoms with van der Waals surface area (Å²) in [7, 11) is -3.47. The second-order valence-electron chi connectivity index (χ2n) is 7.90. The topological polar surface area (TPSA) is 79.0 Å².